The third-order valence-electron chi connectivity index (χ3n) is 3.98. The minimum Gasteiger partial charge on any atom is -0.345 e. The van der Waals surface area contributed by atoms with Crippen LogP contribution in [0.25, 0.3) is 0 Å². The Balaban J connectivity index is 2.33. The number of pyridine rings is 2. The van der Waals surface area contributed by atoms with Crippen LogP contribution >= 0.6 is 0 Å². The molecule has 0 bridgehead atoms. The maximum Gasteiger partial charge on any atom is 0.253 e. The molecule has 134 valence electrons. The Morgan fingerprint density at radius 1 is 1.24 bits per heavy atom. The van der Waals surface area contributed by atoms with Gasteiger partial charge < -0.3 is 10.3 Å². The van der Waals surface area contributed by atoms with Gasteiger partial charge in [0.15, 0.2) is 0 Å². The fourth-order valence-corrected chi connectivity index (χ4v) is 2.83. The van der Waals surface area contributed by atoms with E-state index in [1.807, 2.05) is 26.0 Å². The smallest absolute Gasteiger partial charge is 0.253 e. The zero-order valence-corrected chi connectivity index (χ0v) is 15.6. The summed E-state index contributed by atoms with van der Waals surface area (Å²) >= 11 is 0. The maximum atomic E-state index is 12.9. The number of H-pyrrole nitrogens is 1. The lowest BCUT2D eigenvalue weighted by molar-refractivity contribution is 0.0924. The van der Waals surface area contributed by atoms with Crippen molar-refractivity contribution in [1.29, 1.82) is 0 Å². The second kappa shape index (κ2) is 7.64. The monoisotopic (exact) mass is 341 g/mol. The number of hydrogen-bond donors (Lipinski definition) is 2. The maximum absolute atomic E-state index is 12.9. The largest absolute Gasteiger partial charge is 0.345 e. The van der Waals surface area contributed by atoms with Crippen LogP contribution in [0.4, 0.5) is 0 Å². The summed E-state index contributed by atoms with van der Waals surface area (Å²) < 4.78 is 0. The van der Waals surface area contributed by atoms with E-state index in [1.165, 1.54) is 6.07 Å². The van der Waals surface area contributed by atoms with Gasteiger partial charge in [-0.3, -0.25) is 14.6 Å². The number of rotatable bonds is 5. The first-order valence-corrected chi connectivity index (χ1v) is 8.61. The molecule has 0 aliphatic heterocycles. The summed E-state index contributed by atoms with van der Waals surface area (Å²) in [6.45, 7) is 10.3. The number of carbonyl (C=O) groups excluding carboxylic acids is 1. The molecule has 0 aromatic carbocycles. The van der Waals surface area contributed by atoms with Crippen molar-refractivity contribution in [3.8, 4) is 0 Å². The molecule has 1 amide bonds. The van der Waals surface area contributed by atoms with Crippen molar-refractivity contribution in [3.63, 3.8) is 0 Å². The highest BCUT2D eigenvalue weighted by Crippen LogP contribution is 2.29. The van der Waals surface area contributed by atoms with Crippen molar-refractivity contribution in [2.75, 3.05) is 0 Å². The Morgan fingerprint density at radius 2 is 1.96 bits per heavy atom. The van der Waals surface area contributed by atoms with Gasteiger partial charge in [-0.25, -0.2) is 0 Å². The molecule has 0 aliphatic rings. The van der Waals surface area contributed by atoms with E-state index in [0.29, 0.717) is 11.3 Å². The van der Waals surface area contributed by atoms with Crippen LogP contribution in [0.2, 0.25) is 0 Å². The molecule has 2 heterocycles. The molecule has 0 fully saturated rings. The first kappa shape index (κ1) is 18.9. The Kier molecular flexibility index (Phi) is 5.77. The van der Waals surface area contributed by atoms with Crippen LogP contribution in [0.5, 0.6) is 0 Å². The number of nitrogens with one attached hydrogen (secondary N) is 2. The first-order valence-electron chi connectivity index (χ1n) is 8.61. The summed E-state index contributed by atoms with van der Waals surface area (Å²) in [7, 11) is 0. The van der Waals surface area contributed by atoms with Crippen LogP contribution in [0.3, 0.4) is 0 Å². The van der Waals surface area contributed by atoms with E-state index in [4.69, 9.17) is 0 Å². The Bertz CT molecular complexity index is 774. The zero-order chi connectivity index (χ0) is 18.6. The van der Waals surface area contributed by atoms with E-state index in [9.17, 15) is 9.59 Å². The Hall–Kier alpha value is -2.43. The van der Waals surface area contributed by atoms with E-state index in [0.717, 1.165) is 12.0 Å². The second-order valence-electron chi connectivity index (χ2n) is 7.88. The molecular weight excluding hydrogens is 314 g/mol. The fourth-order valence-electron chi connectivity index (χ4n) is 2.83. The van der Waals surface area contributed by atoms with Gasteiger partial charge in [0, 0.05) is 24.2 Å². The van der Waals surface area contributed by atoms with Gasteiger partial charge in [0.05, 0.1) is 11.6 Å². The van der Waals surface area contributed by atoms with E-state index in [2.05, 4.69) is 36.1 Å². The van der Waals surface area contributed by atoms with E-state index in [1.54, 1.807) is 18.5 Å². The van der Waals surface area contributed by atoms with Crippen molar-refractivity contribution < 1.29 is 4.79 Å². The number of amides is 1. The SMILES string of the molecule is CC(C)c1[nH]c(=O)ccc1C(=O)NC(CC(C)(C)C)c1cccnc1. The molecule has 2 rings (SSSR count). The average molecular weight is 341 g/mol. The number of nitrogens with zero attached hydrogens (tertiary/aromatic N) is 1. The molecule has 2 N–H and O–H groups in total. The fraction of sp³-hybridized carbons (Fsp3) is 0.450. The van der Waals surface area contributed by atoms with Crippen molar-refractivity contribution in [2.45, 2.75) is 53.0 Å². The topological polar surface area (TPSA) is 74.8 Å². The van der Waals surface area contributed by atoms with Crippen LogP contribution in [0.15, 0.2) is 41.5 Å². The minimum atomic E-state index is -0.196. The highest BCUT2D eigenvalue weighted by Gasteiger charge is 2.24. The number of aromatic amines is 1. The summed E-state index contributed by atoms with van der Waals surface area (Å²) in [6, 6.07) is 6.69. The minimum absolute atomic E-state index is 0.0413. The third kappa shape index (κ3) is 5.28. The predicted octanol–water partition coefficient (Wildman–Crippen LogP) is 3.80. The van der Waals surface area contributed by atoms with Gasteiger partial charge in [-0.05, 0) is 35.4 Å². The van der Waals surface area contributed by atoms with Gasteiger partial charge in [-0.2, -0.15) is 0 Å². The van der Waals surface area contributed by atoms with Gasteiger partial charge in [-0.15, -0.1) is 0 Å². The molecule has 0 saturated heterocycles. The molecule has 1 unspecified atom stereocenters. The summed E-state index contributed by atoms with van der Waals surface area (Å²) in [4.78, 5) is 31.5. The van der Waals surface area contributed by atoms with Crippen molar-refractivity contribution in [1.82, 2.24) is 15.3 Å². The lowest BCUT2D eigenvalue weighted by atomic mass is 9.85. The zero-order valence-electron chi connectivity index (χ0n) is 15.6. The van der Waals surface area contributed by atoms with Gasteiger partial charge in [0.25, 0.3) is 5.91 Å². The molecule has 1 atom stereocenters. The highest BCUT2D eigenvalue weighted by molar-refractivity contribution is 5.95. The Labute approximate surface area is 148 Å². The van der Waals surface area contributed by atoms with Crippen LogP contribution in [-0.4, -0.2) is 15.9 Å². The summed E-state index contributed by atoms with van der Waals surface area (Å²) in [5, 5.41) is 3.12. The van der Waals surface area contributed by atoms with Gasteiger partial charge in [0.2, 0.25) is 5.56 Å². The standard InChI is InChI=1S/C20H27N3O2/c1-13(2)18-15(8-9-17(24)23-18)19(25)22-16(11-20(3,4)5)14-7-6-10-21-12-14/h6-10,12-13,16H,11H2,1-5H3,(H,22,25)(H,23,24). The number of hydrogen-bond acceptors (Lipinski definition) is 3. The van der Waals surface area contributed by atoms with Gasteiger partial charge in [-0.1, -0.05) is 40.7 Å². The normalized spacial score (nSPS) is 12.9. The molecule has 5 heteroatoms. The Morgan fingerprint density at radius 3 is 2.52 bits per heavy atom. The van der Waals surface area contributed by atoms with Gasteiger partial charge >= 0.3 is 0 Å². The van der Waals surface area contributed by atoms with Crippen LogP contribution < -0.4 is 10.9 Å². The van der Waals surface area contributed by atoms with Crippen LogP contribution in [-0.2, 0) is 0 Å². The van der Waals surface area contributed by atoms with Crippen molar-refractivity contribution >= 4 is 5.91 Å². The molecule has 0 aliphatic carbocycles. The molecule has 2 aromatic heterocycles. The highest BCUT2D eigenvalue weighted by atomic mass is 16.2. The molecule has 25 heavy (non-hydrogen) atoms. The molecule has 2 aromatic rings. The third-order valence-corrected chi connectivity index (χ3v) is 3.98. The lowest BCUT2D eigenvalue weighted by Crippen LogP contribution is -2.32. The quantitative estimate of drug-likeness (QED) is 0.868. The van der Waals surface area contributed by atoms with Crippen molar-refractivity contribution in [3.05, 3.63) is 63.8 Å². The first-order chi connectivity index (χ1) is 11.7. The lowest BCUT2D eigenvalue weighted by Gasteiger charge is -2.27. The number of carbonyl (C=O) groups is 1. The summed E-state index contributed by atoms with van der Waals surface area (Å²) in [5.74, 6) is -0.132. The average Bonchev–Trinajstić information content (AvgIpc) is 2.53. The van der Waals surface area contributed by atoms with Crippen LogP contribution in [0, 0.1) is 5.41 Å². The molecule has 0 spiro atoms. The second-order valence-corrected chi connectivity index (χ2v) is 7.88. The molecule has 0 radical (unpaired) electrons. The summed E-state index contributed by atoms with van der Waals surface area (Å²) in [5.41, 5.74) is 1.99. The summed E-state index contributed by atoms with van der Waals surface area (Å²) in [6.07, 6.45) is 4.29. The predicted molar refractivity (Wildman–Crippen MR) is 99.7 cm³/mol. The van der Waals surface area contributed by atoms with Crippen LogP contribution in [0.1, 0.15) is 74.6 Å². The molecule has 0 saturated carbocycles. The molecule has 5 nitrogen and oxygen atoms in total. The van der Waals surface area contributed by atoms with E-state index < -0.39 is 0 Å². The van der Waals surface area contributed by atoms with E-state index >= 15 is 0 Å². The van der Waals surface area contributed by atoms with Crippen molar-refractivity contribution in [2.24, 2.45) is 5.41 Å². The number of aromatic nitrogens is 2. The van der Waals surface area contributed by atoms with Gasteiger partial charge in [0.1, 0.15) is 0 Å². The van der Waals surface area contributed by atoms with E-state index in [-0.39, 0.29) is 28.8 Å². The molecular formula is C20H27N3O2.